The van der Waals surface area contributed by atoms with Crippen molar-refractivity contribution in [2.75, 3.05) is 40.9 Å². The van der Waals surface area contributed by atoms with Crippen LogP contribution in [0.3, 0.4) is 0 Å². The summed E-state index contributed by atoms with van der Waals surface area (Å²) in [6.07, 6.45) is 2.33. The van der Waals surface area contributed by atoms with Crippen molar-refractivity contribution in [2.24, 2.45) is 5.92 Å². The van der Waals surface area contributed by atoms with Crippen LogP contribution in [-0.2, 0) is 14.3 Å². The number of methoxy groups -OCH3 is 1. The zero-order valence-corrected chi connectivity index (χ0v) is 12.9. The Labute approximate surface area is 116 Å². The SMILES string of the molecule is CCOC(=O)C(CN(C)CC(C)OC)(NC)C1CC1. The molecule has 2 atom stereocenters. The summed E-state index contributed by atoms with van der Waals surface area (Å²) in [5.74, 6) is 0.258. The van der Waals surface area contributed by atoms with Gasteiger partial charge in [0.1, 0.15) is 5.54 Å². The average molecular weight is 272 g/mol. The van der Waals surface area contributed by atoms with Crippen molar-refractivity contribution < 1.29 is 14.3 Å². The Morgan fingerprint density at radius 3 is 2.58 bits per heavy atom. The predicted molar refractivity (Wildman–Crippen MR) is 75.1 cm³/mol. The Morgan fingerprint density at radius 2 is 2.16 bits per heavy atom. The molecule has 2 unspecified atom stereocenters. The van der Waals surface area contributed by atoms with E-state index in [-0.39, 0.29) is 12.1 Å². The highest BCUT2D eigenvalue weighted by Gasteiger charge is 2.51. The van der Waals surface area contributed by atoms with Crippen molar-refractivity contribution in [3.05, 3.63) is 0 Å². The summed E-state index contributed by atoms with van der Waals surface area (Å²) in [6.45, 7) is 5.75. The van der Waals surface area contributed by atoms with E-state index in [4.69, 9.17) is 9.47 Å². The van der Waals surface area contributed by atoms with Gasteiger partial charge in [0.2, 0.25) is 0 Å². The first-order valence-electron chi connectivity index (χ1n) is 7.07. The molecule has 1 aliphatic rings. The van der Waals surface area contributed by atoms with Crippen LogP contribution < -0.4 is 5.32 Å². The van der Waals surface area contributed by atoms with Gasteiger partial charge in [-0.15, -0.1) is 0 Å². The molecular weight excluding hydrogens is 244 g/mol. The van der Waals surface area contributed by atoms with E-state index >= 15 is 0 Å². The van der Waals surface area contributed by atoms with Gasteiger partial charge in [0, 0.05) is 20.2 Å². The van der Waals surface area contributed by atoms with Crippen LogP contribution in [0.1, 0.15) is 26.7 Å². The molecule has 0 heterocycles. The molecule has 112 valence electrons. The van der Waals surface area contributed by atoms with Gasteiger partial charge < -0.3 is 19.7 Å². The minimum atomic E-state index is -0.571. The molecule has 1 rings (SSSR count). The fourth-order valence-electron chi connectivity index (χ4n) is 2.59. The van der Waals surface area contributed by atoms with Gasteiger partial charge in [-0.25, -0.2) is 4.79 Å². The van der Waals surface area contributed by atoms with Crippen LogP contribution >= 0.6 is 0 Å². The number of hydrogen-bond donors (Lipinski definition) is 1. The van der Waals surface area contributed by atoms with Crippen LogP contribution in [0.5, 0.6) is 0 Å². The molecule has 0 spiro atoms. The number of likely N-dealkylation sites (N-methyl/N-ethyl adjacent to an activating group) is 2. The Balaban J connectivity index is 2.71. The fourth-order valence-corrected chi connectivity index (χ4v) is 2.59. The number of hydrogen-bond acceptors (Lipinski definition) is 5. The maximum absolute atomic E-state index is 12.3. The lowest BCUT2D eigenvalue weighted by molar-refractivity contribution is -0.153. The van der Waals surface area contributed by atoms with Gasteiger partial charge in [0.25, 0.3) is 0 Å². The topological polar surface area (TPSA) is 50.8 Å². The zero-order chi connectivity index (χ0) is 14.5. The Bertz CT molecular complexity index is 294. The van der Waals surface area contributed by atoms with Gasteiger partial charge in [0.15, 0.2) is 0 Å². The maximum atomic E-state index is 12.3. The van der Waals surface area contributed by atoms with E-state index in [1.165, 1.54) is 0 Å². The largest absolute Gasteiger partial charge is 0.465 e. The van der Waals surface area contributed by atoms with E-state index in [0.29, 0.717) is 19.1 Å². The molecule has 1 aliphatic carbocycles. The van der Waals surface area contributed by atoms with Gasteiger partial charge in [-0.05, 0) is 46.7 Å². The van der Waals surface area contributed by atoms with E-state index in [1.54, 1.807) is 7.11 Å². The minimum Gasteiger partial charge on any atom is -0.465 e. The molecule has 5 heteroatoms. The van der Waals surface area contributed by atoms with Gasteiger partial charge in [0.05, 0.1) is 12.7 Å². The lowest BCUT2D eigenvalue weighted by Crippen LogP contribution is -2.60. The lowest BCUT2D eigenvalue weighted by atomic mass is 9.92. The lowest BCUT2D eigenvalue weighted by Gasteiger charge is -2.35. The van der Waals surface area contributed by atoms with Gasteiger partial charge in [-0.3, -0.25) is 0 Å². The van der Waals surface area contributed by atoms with Crippen molar-refractivity contribution in [2.45, 2.75) is 38.3 Å². The highest BCUT2D eigenvalue weighted by atomic mass is 16.5. The molecule has 0 amide bonds. The predicted octanol–water partition coefficient (Wildman–Crippen LogP) is 0.884. The van der Waals surface area contributed by atoms with E-state index in [0.717, 1.165) is 19.4 Å². The normalized spacial score (nSPS) is 20.1. The smallest absolute Gasteiger partial charge is 0.327 e. The van der Waals surface area contributed by atoms with Crippen LogP contribution in [0.2, 0.25) is 0 Å². The highest BCUT2D eigenvalue weighted by Crippen LogP contribution is 2.40. The fraction of sp³-hybridized carbons (Fsp3) is 0.929. The van der Waals surface area contributed by atoms with Crippen molar-refractivity contribution in [1.82, 2.24) is 10.2 Å². The van der Waals surface area contributed by atoms with E-state index in [1.807, 2.05) is 27.9 Å². The number of nitrogens with one attached hydrogen (secondary N) is 1. The Hall–Kier alpha value is -0.650. The summed E-state index contributed by atoms with van der Waals surface area (Å²) >= 11 is 0. The summed E-state index contributed by atoms with van der Waals surface area (Å²) in [4.78, 5) is 14.5. The minimum absolute atomic E-state index is 0.128. The number of ether oxygens (including phenoxy) is 2. The molecule has 1 fully saturated rings. The number of carbonyl (C=O) groups is 1. The number of rotatable bonds is 9. The zero-order valence-electron chi connectivity index (χ0n) is 12.9. The van der Waals surface area contributed by atoms with Gasteiger partial charge in [-0.2, -0.15) is 0 Å². The van der Waals surface area contributed by atoms with E-state index in [2.05, 4.69) is 10.2 Å². The average Bonchev–Trinajstić information content (AvgIpc) is 3.20. The van der Waals surface area contributed by atoms with Crippen molar-refractivity contribution in [1.29, 1.82) is 0 Å². The molecule has 5 nitrogen and oxygen atoms in total. The van der Waals surface area contributed by atoms with Gasteiger partial charge in [-0.1, -0.05) is 0 Å². The second-order valence-electron chi connectivity index (χ2n) is 5.46. The highest BCUT2D eigenvalue weighted by molar-refractivity contribution is 5.82. The Kier molecular flexibility index (Phi) is 6.23. The number of nitrogens with zero attached hydrogens (tertiary/aromatic N) is 1. The van der Waals surface area contributed by atoms with Crippen molar-refractivity contribution in [3.63, 3.8) is 0 Å². The second-order valence-corrected chi connectivity index (χ2v) is 5.46. The number of esters is 1. The van der Waals surface area contributed by atoms with Crippen LogP contribution in [0.15, 0.2) is 0 Å². The first-order chi connectivity index (χ1) is 9.00. The van der Waals surface area contributed by atoms with Crippen LogP contribution in [0.25, 0.3) is 0 Å². The number of carbonyl (C=O) groups excluding carboxylic acids is 1. The molecule has 1 saturated carbocycles. The van der Waals surface area contributed by atoms with Crippen molar-refractivity contribution >= 4 is 5.97 Å². The standard InChI is InChI=1S/C14H28N2O3/c1-6-19-13(17)14(15-3,12-7-8-12)10-16(4)9-11(2)18-5/h11-12,15H,6-10H2,1-5H3. The first-order valence-corrected chi connectivity index (χ1v) is 7.07. The maximum Gasteiger partial charge on any atom is 0.327 e. The quantitative estimate of drug-likeness (QED) is 0.632. The first kappa shape index (κ1) is 16.4. The van der Waals surface area contributed by atoms with Crippen LogP contribution in [0, 0.1) is 5.92 Å². The van der Waals surface area contributed by atoms with Gasteiger partial charge >= 0.3 is 5.97 Å². The van der Waals surface area contributed by atoms with Crippen LogP contribution in [0.4, 0.5) is 0 Å². The molecule has 0 aromatic heterocycles. The molecule has 0 radical (unpaired) electrons. The molecule has 19 heavy (non-hydrogen) atoms. The molecule has 0 bridgehead atoms. The molecular formula is C14H28N2O3. The van der Waals surface area contributed by atoms with E-state index < -0.39 is 5.54 Å². The monoisotopic (exact) mass is 272 g/mol. The van der Waals surface area contributed by atoms with Crippen LogP contribution in [-0.4, -0.2) is 63.4 Å². The third-order valence-electron chi connectivity index (χ3n) is 3.85. The van der Waals surface area contributed by atoms with Crippen molar-refractivity contribution in [3.8, 4) is 0 Å². The Morgan fingerprint density at radius 1 is 1.53 bits per heavy atom. The summed E-state index contributed by atoms with van der Waals surface area (Å²) in [7, 11) is 5.57. The van der Waals surface area contributed by atoms with E-state index in [9.17, 15) is 4.79 Å². The molecule has 0 aromatic rings. The molecule has 0 aliphatic heterocycles. The second kappa shape index (κ2) is 7.22. The third kappa shape index (κ3) is 4.16. The summed E-state index contributed by atoms with van der Waals surface area (Å²) in [6, 6.07) is 0. The summed E-state index contributed by atoms with van der Waals surface area (Å²) < 4.78 is 10.5. The molecule has 0 aromatic carbocycles. The summed E-state index contributed by atoms with van der Waals surface area (Å²) in [5, 5.41) is 3.23. The third-order valence-corrected chi connectivity index (χ3v) is 3.85. The summed E-state index contributed by atoms with van der Waals surface area (Å²) in [5.41, 5.74) is -0.571. The molecule has 0 saturated heterocycles. The molecule has 1 N–H and O–H groups in total.